The van der Waals surface area contributed by atoms with Crippen LogP contribution in [0.25, 0.3) is 0 Å². The van der Waals surface area contributed by atoms with Gasteiger partial charge in [0.15, 0.2) is 5.84 Å². The van der Waals surface area contributed by atoms with Crippen molar-refractivity contribution in [2.75, 3.05) is 6.61 Å². The van der Waals surface area contributed by atoms with Gasteiger partial charge in [0.25, 0.3) is 11.2 Å². The molecule has 46 heavy (non-hydrogen) atoms. The van der Waals surface area contributed by atoms with Crippen LogP contribution in [0.5, 0.6) is 0 Å². The highest BCUT2D eigenvalue weighted by atomic mass is 35.5. The first-order valence-electron chi connectivity index (χ1n) is 12.8. The fourth-order valence-corrected chi connectivity index (χ4v) is 5.73. The molecule has 1 aromatic heterocycles. The molecule has 2 aliphatic heterocycles. The molecule has 0 saturated heterocycles. The quantitative estimate of drug-likeness (QED) is 0.196. The van der Waals surface area contributed by atoms with Gasteiger partial charge in [-0.3, -0.25) is 0 Å². The van der Waals surface area contributed by atoms with Gasteiger partial charge in [-0.05, 0) is 50.2 Å². The summed E-state index contributed by atoms with van der Waals surface area (Å²) in [4.78, 5) is 21.3. The minimum absolute atomic E-state index is 0.0303. The topological polar surface area (TPSA) is 87.3 Å². The van der Waals surface area contributed by atoms with Crippen molar-refractivity contribution in [3.8, 4) is 0 Å². The second-order valence-electron chi connectivity index (χ2n) is 9.77. The van der Waals surface area contributed by atoms with Gasteiger partial charge in [-0.1, -0.05) is 68.3 Å². The van der Waals surface area contributed by atoms with E-state index in [0.717, 1.165) is 28.9 Å². The highest BCUT2D eigenvalue weighted by Gasteiger charge is 2.63. The molecule has 0 fully saturated rings. The van der Waals surface area contributed by atoms with E-state index < -0.39 is 42.4 Å². The first-order valence-corrected chi connectivity index (χ1v) is 14.7. The molecule has 0 aliphatic carbocycles. The lowest BCUT2D eigenvalue weighted by atomic mass is 9.89. The number of benzene rings is 2. The molecule has 0 saturated carbocycles. The average molecular weight is 755 g/mol. The number of esters is 1. The van der Waals surface area contributed by atoms with Crippen molar-refractivity contribution in [2.45, 2.75) is 50.2 Å². The van der Waals surface area contributed by atoms with Crippen LogP contribution in [-0.2, 0) is 25.6 Å². The van der Waals surface area contributed by atoms with Crippen LogP contribution in [0.1, 0.15) is 46.9 Å². The van der Waals surface area contributed by atoms with Crippen molar-refractivity contribution < 1.29 is 45.5 Å². The van der Waals surface area contributed by atoms with E-state index in [0.29, 0.717) is 0 Å². The predicted octanol–water partition coefficient (Wildman–Crippen LogP) is 9.44. The van der Waals surface area contributed by atoms with Crippen LogP contribution in [-0.4, -0.2) is 45.7 Å². The minimum Gasteiger partial charge on any atom is -0.462 e. The van der Waals surface area contributed by atoms with Crippen LogP contribution in [0.2, 0.25) is 20.1 Å². The summed E-state index contributed by atoms with van der Waals surface area (Å²) in [5, 5.41) is 10.8. The summed E-state index contributed by atoms with van der Waals surface area (Å²) in [6, 6.07) is 7.15. The van der Waals surface area contributed by atoms with Crippen LogP contribution in [0.4, 0.5) is 26.3 Å². The second kappa shape index (κ2) is 13.3. The summed E-state index contributed by atoms with van der Waals surface area (Å²) in [6.45, 7) is 3.33. The lowest BCUT2D eigenvalue weighted by Crippen LogP contribution is -2.43. The number of nitrogens with zero attached hydrogens (tertiary/aromatic N) is 4. The highest BCUT2D eigenvalue weighted by Crippen LogP contribution is 2.50. The van der Waals surface area contributed by atoms with Gasteiger partial charge < -0.3 is 14.4 Å². The van der Waals surface area contributed by atoms with Crippen molar-refractivity contribution >= 4 is 75.0 Å². The van der Waals surface area contributed by atoms with E-state index >= 15 is 0 Å². The number of alkyl halides is 6. The lowest BCUT2D eigenvalue weighted by molar-refractivity contribution is -0.276. The number of oxime groups is 2. The van der Waals surface area contributed by atoms with E-state index in [2.05, 4.69) is 20.2 Å². The second-order valence-corrected chi connectivity index (χ2v) is 12.0. The smallest absolute Gasteiger partial charge is 0.435 e. The van der Waals surface area contributed by atoms with Gasteiger partial charge in [0.05, 0.1) is 25.1 Å². The summed E-state index contributed by atoms with van der Waals surface area (Å²) < 4.78 is 87.5. The number of ether oxygens (including phenoxy) is 1. The molecule has 2 aliphatic rings. The zero-order valence-corrected chi connectivity index (χ0v) is 27.0. The molecule has 5 rings (SSSR count). The molecule has 0 amide bonds. The molecule has 19 heteroatoms. The van der Waals surface area contributed by atoms with Crippen LogP contribution >= 0.6 is 58.0 Å². The Kier molecular flexibility index (Phi) is 10.4. The Hall–Kier alpha value is -2.91. The van der Waals surface area contributed by atoms with Crippen molar-refractivity contribution in [1.82, 2.24) is 9.78 Å². The summed E-state index contributed by atoms with van der Waals surface area (Å²) in [5.74, 6) is -0.762. The Labute approximate surface area is 281 Å². The van der Waals surface area contributed by atoms with Gasteiger partial charge >= 0.3 is 18.3 Å². The fourth-order valence-electron chi connectivity index (χ4n) is 4.45. The number of carbonyl (C=O) groups excluding carboxylic acids is 1. The Morgan fingerprint density at radius 3 is 1.70 bits per heavy atom. The molecule has 2 aromatic carbocycles. The van der Waals surface area contributed by atoms with Crippen LogP contribution in [0.15, 0.2) is 52.9 Å². The number of halogens is 11. The standard InChI is InChI=1S/C17H14Cl2F3N3O3.C10H5Cl3F3NO/c1-3-27-15(26)13-8-25(23-9(13)2)14-7-16(28-24-14,17(20,21)22)10-4-11(18)6-12(19)5-10;11-6-1-5(2-7(12)3-6)9(10(14,15)16)4-8(13)17-18-9/h4-6,8H,3,7H2,1-2H3;1-3H,4H2. The minimum atomic E-state index is -4.82. The van der Waals surface area contributed by atoms with Gasteiger partial charge in [-0.25, -0.2) is 9.48 Å². The number of hydrogen-bond acceptors (Lipinski definition) is 7. The van der Waals surface area contributed by atoms with Crippen molar-refractivity contribution in [3.63, 3.8) is 0 Å². The summed E-state index contributed by atoms with van der Waals surface area (Å²) >= 11 is 28.6. The van der Waals surface area contributed by atoms with Crippen molar-refractivity contribution in [2.24, 2.45) is 10.3 Å². The van der Waals surface area contributed by atoms with Crippen LogP contribution in [0, 0.1) is 6.92 Å². The van der Waals surface area contributed by atoms with E-state index in [1.807, 2.05) is 0 Å². The Bertz CT molecular complexity index is 1670. The molecule has 248 valence electrons. The van der Waals surface area contributed by atoms with Crippen molar-refractivity contribution in [3.05, 3.63) is 85.1 Å². The molecular formula is C27H19Cl5F6N4O4. The molecule has 2 atom stereocenters. The molecule has 8 nitrogen and oxygen atoms in total. The molecule has 3 heterocycles. The maximum atomic E-state index is 14.0. The molecule has 3 aromatic rings. The van der Waals surface area contributed by atoms with Gasteiger partial charge in [-0.2, -0.15) is 31.4 Å². The van der Waals surface area contributed by atoms with E-state index in [1.165, 1.54) is 25.3 Å². The number of carbonyl (C=O) groups is 1. The maximum absolute atomic E-state index is 14.0. The first kappa shape index (κ1) is 35.9. The van der Waals surface area contributed by atoms with Crippen molar-refractivity contribution in [1.29, 1.82) is 0 Å². The summed E-state index contributed by atoms with van der Waals surface area (Å²) in [5.41, 5.74) is -5.51. The molecule has 0 bridgehead atoms. The maximum Gasteiger partial charge on any atom is 0.435 e. The Morgan fingerprint density at radius 2 is 1.28 bits per heavy atom. The lowest BCUT2D eigenvalue weighted by Gasteiger charge is -2.29. The van der Waals surface area contributed by atoms with Gasteiger partial charge in [-0.15, -0.1) is 0 Å². The van der Waals surface area contributed by atoms with Gasteiger partial charge in [0.1, 0.15) is 10.7 Å². The molecular weight excluding hydrogens is 736 g/mol. The third-order valence-electron chi connectivity index (χ3n) is 6.64. The number of hydrogen-bond donors (Lipinski definition) is 0. The Morgan fingerprint density at radius 1 is 0.826 bits per heavy atom. The normalized spacial score (nSPS) is 21.1. The third kappa shape index (κ3) is 7.15. The zero-order valence-electron chi connectivity index (χ0n) is 23.2. The molecule has 2 unspecified atom stereocenters. The number of aromatic nitrogens is 2. The first-order chi connectivity index (χ1) is 21.3. The van der Waals surface area contributed by atoms with Crippen LogP contribution < -0.4 is 0 Å². The third-order valence-corrected chi connectivity index (χ3v) is 7.72. The van der Waals surface area contributed by atoms with Gasteiger partial charge in [0.2, 0.25) is 0 Å². The fraction of sp³-hybridized carbons (Fsp3) is 0.333. The van der Waals surface area contributed by atoms with Crippen LogP contribution in [0.3, 0.4) is 0 Å². The zero-order chi connectivity index (χ0) is 34.2. The number of aryl methyl sites for hydroxylation is 1. The average Bonchev–Trinajstić information content (AvgIpc) is 3.65. The number of rotatable bonds is 4. The molecule has 0 spiro atoms. The van der Waals surface area contributed by atoms with Gasteiger partial charge in [0, 0.05) is 37.4 Å². The SMILES string of the molecule is CCOC(=O)c1cn(C2=NOC(c3cc(Cl)cc(Cl)c3)(C(F)(F)F)C2)nc1C.FC(F)(F)C1(c2cc(Cl)cc(Cl)c2)CC(Cl)=NO1. The van der Waals surface area contributed by atoms with E-state index in [1.54, 1.807) is 6.92 Å². The van der Waals surface area contributed by atoms with E-state index in [-0.39, 0.29) is 60.1 Å². The highest BCUT2D eigenvalue weighted by molar-refractivity contribution is 6.65. The molecule has 0 radical (unpaired) electrons. The molecule has 0 N–H and O–H groups in total. The van der Waals surface area contributed by atoms with E-state index in [4.69, 9.17) is 67.6 Å². The predicted molar refractivity (Wildman–Crippen MR) is 159 cm³/mol. The monoisotopic (exact) mass is 752 g/mol. The summed E-state index contributed by atoms with van der Waals surface area (Å²) in [7, 11) is 0. The Balaban J connectivity index is 0.000000230. The van der Waals surface area contributed by atoms with E-state index in [9.17, 15) is 31.1 Å². The largest absolute Gasteiger partial charge is 0.462 e. The summed E-state index contributed by atoms with van der Waals surface area (Å²) in [6.07, 6.45) is -9.54.